The number of hydrogen-bond acceptors (Lipinski definition) is 4. The summed E-state index contributed by atoms with van der Waals surface area (Å²) in [6, 6.07) is 12.3. The van der Waals surface area contributed by atoms with Crippen molar-refractivity contribution in [3.05, 3.63) is 64.7 Å². The molecule has 2 rings (SSSR count). The fourth-order valence-electron chi connectivity index (χ4n) is 3.81. The summed E-state index contributed by atoms with van der Waals surface area (Å²) in [5, 5.41) is 2.93. The number of aryl methyl sites for hydroxylation is 3. The molecule has 7 nitrogen and oxygen atoms in total. The van der Waals surface area contributed by atoms with Crippen molar-refractivity contribution in [2.24, 2.45) is 5.92 Å². The van der Waals surface area contributed by atoms with Gasteiger partial charge in [-0.25, -0.2) is 8.42 Å². The monoisotopic (exact) mass is 501 g/mol. The maximum atomic E-state index is 13.7. The Hall–Kier alpha value is -2.87. The van der Waals surface area contributed by atoms with Crippen molar-refractivity contribution >= 4 is 27.5 Å². The molecule has 2 aromatic rings. The van der Waals surface area contributed by atoms with E-state index in [1.54, 1.807) is 12.1 Å². The molecule has 0 aromatic heterocycles. The zero-order valence-corrected chi connectivity index (χ0v) is 22.8. The Morgan fingerprint density at radius 1 is 0.971 bits per heavy atom. The molecule has 0 aliphatic heterocycles. The number of sulfonamides is 1. The summed E-state index contributed by atoms with van der Waals surface area (Å²) < 4.78 is 26.6. The number of nitrogens with one attached hydrogen (secondary N) is 1. The van der Waals surface area contributed by atoms with E-state index in [0.29, 0.717) is 18.7 Å². The van der Waals surface area contributed by atoms with Gasteiger partial charge in [-0.3, -0.25) is 13.9 Å². The lowest BCUT2D eigenvalue weighted by molar-refractivity contribution is -0.140. The normalized spacial score (nSPS) is 12.3. The molecule has 0 spiro atoms. The minimum atomic E-state index is -3.75. The number of hydrogen-bond donors (Lipinski definition) is 1. The first-order valence-electron chi connectivity index (χ1n) is 12.0. The molecule has 2 amide bonds. The molecule has 35 heavy (non-hydrogen) atoms. The molecule has 0 saturated heterocycles. The third-order valence-electron chi connectivity index (χ3n) is 6.13. The van der Waals surface area contributed by atoms with Crippen molar-refractivity contribution in [3.8, 4) is 0 Å². The Labute approximate surface area is 210 Å². The number of anilines is 1. The molecule has 0 radical (unpaired) electrons. The van der Waals surface area contributed by atoms with E-state index in [1.165, 1.54) is 4.90 Å². The minimum absolute atomic E-state index is 0.212. The van der Waals surface area contributed by atoms with Crippen LogP contribution in [-0.4, -0.2) is 50.5 Å². The van der Waals surface area contributed by atoms with Gasteiger partial charge in [0.1, 0.15) is 12.6 Å². The van der Waals surface area contributed by atoms with Crippen LogP contribution in [0.5, 0.6) is 0 Å². The van der Waals surface area contributed by atoms with Gasteiger partial charge in [-0.15, -0.1) is 0 Å². The van der Waals surface area contributed by atoms with Crippen molar-refractivity contribution in [2.45, 2.75) is 60.5 Å². The molecule has 0 aliphatic carbocycles. The van der Waals surface area contributed by atoms with Crippen LogP contribution in [0.15, 0.2) is 42.5 Å². The van der Waals surface area contributed by atoms with Crippen LogP contribution in [0, 0.1) is 26.7 Å². The molecule has 0 saturated carbocycles. The first-order valence-corrected chi connectivity index (χ1v) is 13.9. The average Bonchev–Trinajstić information content (AvgIpc) is 2.78. The lowest BCUT2D eigenvalue weighted by Crippen LogP contribution is -2.52. The van der Waals surface area contributed by atoms with E-state index in [-0.39, 0.29) is 24.9 Å². The number of rotatable bonds is 11. The topological polar surface area (TPSA) is 86.8 Å². The van der Waals surface area contributed by atoms with Gasteiger partial charge in [-0.1, -0.05) is 51.1 Å². The predicted molar refractivity (Wildman–Crippen MR) is 142 cm³/mol. The predicted octanol–water partition coefficient (Wildman–Crippen LogP) is 3.96. The van der Waals surface area contributed by atoms with Gasteiger partial charge >= 0.3 is 0 Å². The maximum absolute atomic E-state index is 13.7. The van der Waals surface area contributed by atoms with Crippen LogP contribution < -0.4 is 9.62 Å². The number of benzene rings is 2. The second kappa shape index (κ2) is 12.2. The molecule has 192 valence electrons. The number of amides is 2. The Bertz CT molecular complexity index is 1140. The third-order valence-corrected chi connectivity index (χ3v) is 7.27. The van der Waals surface area contributed by atoms with E-state index in [4.69, 9.17) is 0 Å². The summed E-state index contributed by atoms with van der Waals surface area (Å²) in [5.74, 6) is -0.397. The van der Waals surface area contributed by atoms with Crippen molar-refractivity contribution in [3.63, 3.8) is 0 Å². The summed E-state index contributed by atoms with van der Waals surface area (Å²) in [4.78, 5) is 28.3. The largest absolute Gasteiger partial charge is 0.354 e. The van der Waals surface area contributed by atoms with E-state index >= 15 is 0 Å². The molecular formula is C27H39N3O4S. The van der Waals surface area contributed by atoms with Crippen LogP contribution in [0.25, 0.3) is 0 Å². The van der Waals surface area contributed by atoms with Crippen LogP contribution in [0.2, 0.25) is 0 Å². The van der Waals surface area contributed by atoms with Crippen molar-refractivity contribution in [2.75, 3.05) is 23.7 Å². The van der Waals surface area contributed by atoms with Gasteiger partial charge in [0.15, 0.2) is 0 Å². The zero-order chi connectivity index (χ0) is 26.3. The van der Waals surface area contributed by atoms with Crippen LogP contribution in [0.3, 0.4) is 0 Å². The van der Waals surface area contributed by atoms with Crippen LogP contribution in [0.4, 0.5) is 5.69 Å². The molecule has 0 unspecified atom stereocenters. The summed E-state index contributed by atoms with van der Waals surface area (Å²) in [6.07, 6.45) is 1.50. The van der Waals surface area contributed by atoms with E-state index in [1.807, 2.05) is 71.9 Å². The quantitative estimate of drug-likeness (QED) is 0.505. The Kier molecular flexibility index (Phi) is 9.89. The van der Waals surface area contributed by atoms with Crippen molar-refractivity contribution in [1.82, 2.24) is 10.2 Å². The highest BCUT2D eigenvalue weighted by molar-refractivity contribution is 7.92. The van der Waals surface area contributed by atoms with Gasteiger partial charge in [0.2, 0.25) is 21.8 Å². The fraction of sp³-hybridized carbons (Fsp3) is 0.481. The van der Waals surface area contributed by atoms with E-state index in [0.717, 1.165) is 32.8 Å². The molecule has 1 N–H and O–H groups in total. The summed E-state index contributed by atoms with van der Waals surface area (Å²) in [6.45, 7) is 12.0. The highest BCUT2D eigenvalue weighted by Crippen LogP contribution is 2.23. The summed E-state index contributed by atoms with van der Waals surface area (Å²) in [7, 11) is -3.75. The maximum Gasteiger partial charge on any atom is 0.244 e. The lowest BCUT2D eigenvalue weighted by Gasteiger charge is -2.33. The first-order chi connectivity index (χ1) is 16.3. The highest BCUT2D eigenvalue weighted by Gasteiger charge is 2.32. The van der Waals surface area contributed by atoms with E-state index in [9.17, 15) is 18.0 Å². The number of carbonyl (C=O) groups is 2. The van der Waals surface area contributed by atoms with Gasteiger partial charge < -0.3 is 10.2 Å². The molecule has 0 aliphatic rings. The average molecular weight is 502 g/mol. The highest BCUT2D eigenvalue weighted by atomic mass is 32.2. The van der Waals surface area contributed by atoms with Gasteiger partial charge in [-0.2, -0.15) is 0 Å². The van der Waals surface area contributed by atoms with E-state index in [2.05, 4.69) is 5.32 Å². The third kappa shape index (κ3) is 7.82. The van der Waals surface area contributed by atoms with Gasteiger partial charge in [0.25, 0.3) is 0 Å². The zero-order valence-electron chi connectivity index (χ0n) is 22.0. The minimum Gasteiger partial charge on any atom is -0.354 e. The van der Waals surface area contributed by atoms with Crippen LogP contribution in [-0.2, 0) is 26.2 Å². The molecular weight excluding hydrogens is 462 g/mol. The molecule has 0 bridgehead atoms. The lowest BCUT2D eigenvalue weighted by atomic mass is 10.1. The van der Waals surface area contributed by atoms with Gasteiger partial charge in [0, 0.05) is 13.1 Å². The Morgan fingerprint density at radius 3 is 2.17 bits per heavy atom. The standard InChI is InChI=1S/C27H39N3O4S/c1-8-25(27(32)28-16-19(2)3)29(17-23-12-10-9-11-21(23)5)26(31)18-30(35(7,33)34)24-14-13-20(4)22(6)15-24/h9-15,19,25H,8,16-18H2,1-7H3,(H,28,32)/t25-/m0/s1. The van der Waals surface area contributed by atoms with Gasteiger partial charge in [-0.05, 0) is 67.5 Å². The molecule has 0 heterocycles. The van der Waals surface area contributed by atoms with Crippen molar-refractivity contribution in [1.29, 1.82) is 0 Å². The van der Waals surface area contributed by atoms with Crippen molar-refractivity contribution < 1.29 is 18.0 Å². The van der Waals surface area contributed by atoms with Crippen LogP contribution in [0.1, 0.15) is 49.4 Å². The Morgan fingerprint density at radius 2 is 1.63 bits per heavy atom. The smallest absolute Gasteiger partial charge is 0.244 e. The van der Waals surface area contributed by atoms with Gasteiger partial charge in [0.05, 0.1) is 11.9 Å². The van der Waals surface area contributed by atoms with E-state index < -0.39 is 22.0 Å². The molecule has 1 atom stereocenters. The summed E-state index contributed by atoms with van der Waals surface area (Å²) in [5.41, 5.74) is 4.30. The first kappa shape index (κ1) is 28.4. The Balaban J connectivity index is 2.45. The molecule has 2 aromatic carbocycles. The molecule has 8 heteroatoms. The second-order valence-corrected chi connectivity index (χ2v) is 11.5. The molecule has 0 fully saturated rings. The van der Waals surface area contributed by atoms with Crippen LogP contribution >= 0.6 is 0 Å². The number of nitrogens with zero attached hydrogens (tertiary/aromatic N) is 2. The fourth-order valence-corrected chi connectivity index (χ4v) is 4.65. The summed E-state index contributed by atoms with van der Waals surface area (Å²) >= 11 is 0. The SMILES string of the molecule is CC[C@@H](C(=O)NCC(C)C)N(Cc1ccccc1C)C(=O)CN(c1ccc(C)c(C)c1)S(C)(=O)=O. The second-order valence-electron chi connectivity index (χ2n) is 9.55. The number of carbonyl (C=O) groups excluding carboxylic acids is 2.